The SMILES string of the molecule is COc1cc(N2CC[C@H](N3CCC[C@@H]3C)C2)ccc1N1CCC2(CCCCC2)C1=O. The summed E-state index contributed by atoms with van der Waals surface area (Å²) >= 11 is 0. The Labute approximate surface area is 181 Å². The van der Waals surface area contributed by atoms with Crippen LogP contribution in [-0.2, 0) is 4.79 Å². The first-order valence-electron chi connectivity index (χ1n) is 12.1. The highest BCUT2D eigenvalue weighted by Crippen LogP contribution is 2.47. The fourth-order valence-electron chi connectivity index (χ4n) is 6.57. The molecule has 0 aromatic heterocycles. The molecular weight excluding hydrogens is 374 g/mol. The van der Waals surface area contributed by atoms with Crippen molar-refractivity contribution in [3.8, 4) is 5.75 Å². The summed E-state index contributed by atoms with van der Waals surface area (Å²) in [5, 5.41) is 0. The summed E-state index contributed by atoms with van der Waals surface area (Å²) in [5.41, 5.74) is 2.08. The summed E-state index contributed by atoms with van der Waals surface area (Å²) in [6.07, 6.45) is 10.7. The van der Waals surface area contributed by atoms with Gasteiger partial charge in [-0.25, -0.2) is 0 Å². The van der Waals surface area contributed by atoms with Crippen LogP contribution in [0.15, 0.2) is 18.2 Å². The number of rotatable bonds is 4. The molecule has 3 saturated heterocycles. The minimum Gasteiger partial charge on any atom is -0.494 e. The van der Waals surface area contributed by atoms with Gasteiger partial charge in [-0.2, -0.15) is 0 Å². The summed E-state index contributed by atoms with van der Waals surface area (Å²) in [6, 6.07) is 7.87. The van der Waals surface area contributed by atoms with Crippen LogP contribution in [0.2, 0.25) is 0 Å². The Morgan fingerprint density at radius 3 is 2.57 bits per heavy atom. The Morgan fingerprint density at radius 2 is 1.83 bits per heavy atom. The third-order valence-corrected chi connectivity index (χ3v) is 8.38. The molecule has 164 valence electrons. The number of carbonyl (C=O) groups excluding carboxylic acids is 1. The number of benzene rings is 1. The van der Waals surface area contributed by atoms with Crippen molar-refractivity contribution in [3.63, 3.8) is 0 Å². The third-order valence-electron chi connectivity index (χ3n) is 8.38. The first kappa shape index (κ1) is 20.2. The van der Waals surface area contributed by atoms with Gasteiger partial charge in [-0.3, -0.25) is 9.69 Å². The lowest BCUT2D eigenvalue weighted by Gasteiger charge is -2.32. The Hall–Kier alpha value is -1.75. The number of ether oxygens (including phenoxy) is 1. The lowest BCUT2D eigenvalue weighted by Crippen LogP contribution is -2.39. The van der Waals surface area contributed by atoms with E-state index in [1.165, 1.54) is 50.8 Å². The van der Waals surface area contributed by atoms with Crippen LogP contribution in [0.3, 0.4) is 0 Å². The average molecular weight is 412 g/mol. The van der Waals surface area contributed by atoms with Crippen LogP contribution in [0.5, 0.6) is 5.75 Å². The van der Waals surface area contributed by atoms with Gasteiger partial charge in [-0.05, 0) is 64.1 Å². The maximum atomic E-state index is 13.4. The van der Waals surface area contributed by atoms with E-state index in [0.717, 1.165) is 56.4 Å². The molecule has 30 heavy (non-hydrogen) atoms. The highest BCUT2D eigenvalue weighted by molar-refractivity contribution is 6.01. The summed E-state index contributed by atoms with van der Waals surface area (Å²) in [4.78, 5) is 20.6. The molecule has 5 nitrogen and oxygen atoms in total. The van der Waals surface area contributed by atoms with Crippen LogP contribution in [0, 0.1) is 5.41 Å². The zero-order chi connectivity index (χ0) is 20.7. The molecule has 2 atom stereocenters. The van der Waals surface area contributed by atoms with E-state index in [0.29, 0.717) is 11.9 Å². The lowest BCUT2D eigenvalue weighted by atomic mass is 9.73. The molecule has 1 aromatic carbocycles. The van der Waals surface area contributed by atoms with Crippen molar-refractivity contribution in [2.45, 2.75) is 76.8 Å². The van der Waals surface area contributed by atoms with E-state index in [1.807, 2.05) is 4.90 Å². The van der Waals surface area contributed by atoms with Gasteiger partial charge in [0.25, 0.3) is 0 Å². The van der Waals surface area contributed by atoms with Crippen molar-refractivity contribution >= 4 is 17.3 Å². The van der Waals surface area contributed by atoms with Crippen LogP contribution in [0.1, 0.15) is 64.7 Å². The fraction of sp³-hybridized carbons (Fsp3) is 0.720. The molecule has 5 heteroatoms. The van der Waals surface area contributed by atoms with Crippen molar-refractivity contribution in [2.75, 3.05) is 43.1 Å². The Balaban J connectivity index is 1.32. The molecule has 0 unspecified atom stereocenters. The summed E-state index contributed by atoms with van der Waals surface area (Å²) in [5.74, 6) is 1.17. The van der Waals surface area contributed by atoms with Gasteiger partial charge < -0.3 is 14.5 Å². The normalized spacial score (nSPS) is 29.3. The van der Waals surface area contributed by atoms with Crippen LogP contribution in [-0.4, -0.2) is 56.2 Å². The van der Waals surface area contributed by atoms with E-state index in [9.17, 15) is 4.79 Å². The number of carbonyl (C=O) groups is 1. The van der Waals surface area contributed by atoms with Crippen LogP contribution in [0.25, 0.3) is 0 Å². The number of hydrogen-bond acceptors (Lipinski definition) is 4. The van der Waals surface area contributed by atoms with E-state index in [-0.39, 0.29) is 5.41 Å². The largest absolute Gasteiger partial charge is 0.494 e. The number of likely N-dealkylation sites (tertiary alicyclic amines) is 1. The predicted molar refractivity (Wildman–Crippen MR) is 122 cm³/mol. The standard InChI is InChI=1S/C25H37N3O2/c1-19-7-6-14-27(19)21-10-15-26(18-21)20-8-9-22(23(17-20)30-2)28-16-13-25(24(28)29)11-4-3-5-12-25/h8-9,17,19,21H,3-7,10-16,18H2,1-2H3/t19-,21-/m0/s1. The Kier molecular flexibility index (Phi) is 5.42. The van der Waals surface area contributed by atoms with Gasteiger partial charge in [-0.1, -0.05) is 19.3 Å². The molecule has 1 aliphatic carbocycles. The summed E-state index contributed by atoms with van der Waals surface area (Å²) in [6.45, 7) is 6.65. The van der Waals surface area contributed by atoms with Gasteiger partial charge in [0, 0.05) is 43.5 Å². The van der Waals surface area contributed by atoms with Gasteiger partial charge in [0.1, 0.15) is 5.75 Å². The second-order valence-electron chi connectivity index (χ2n) is 10.0. The Morgan fingerprint density at radius 1 is 1.00 bits per heavy atom. The van der Waals surface area contributed by atoms with E-state index in [4.69, 9.17) is 4.74 Å². The van der Waals surface area contributed by atoms with Gasteiger partial charge in [0.15, 0.2) is 0 Å². The fourth-order valence-corrected chi connectivity index (χ4v) is 6.57. The minimum atomic E-state index is -0.101. The van der Waals surface area contributed by atoms with Crippen molar-refractivity contribution in [2.24, 2.45) is 5.41 Å². The van der Waals surface area contributed by atoms with E-state index < -0.39 is 0 Å². The molecular formula is C25H37N3O2. The molecule has 3 heterocycles. The lowest BCUT2D eigenvalue weighted by molar-refractivity contribution is -0.127. The molecule has 1 spiro atoms. The zero-order valence-corrected chi connectivity index (χ0v) is 18.7. The molecule has 3 aliphatic heterocycles. The number of anilines is 2. The van der Waals surface area contributed by atoms with Crippen LogP contribution < -0.4 is 14.5 Å². The van der Waals surface area contributed by atoms with E-state index in [2.05, 4.69) is 34.9 Å². The number of nitrogens with zero attached hydrogens (tertiary/aromatic N) is 3. The molecule has 1 saturated carbocycles. The number of methoxy groups -OCH3 is 1. The number of hydrogen-bond donors (Lipinski definition) is 0. The quantitative estimate of drug-likeness (QED) is 0.734. The molecule has 1 amide bonds. The van der Waals surface area contributed by atoms with Crippen molar-refractivity contribution in [1.82, 2.24) is 4.90 Å². The molecule has 0 bridgehead atoms. The predicted octanol–water partition coefficient (Wildman–Crippen LogP) is 4.45. The molecule has 1 aromatic rings. The molecule has 5 rings (SSSR count). The third kappa shape index (κ3) is 3.39. The van der Waals surface area contributed by atoms with Crippen molar-refractivity contribution in [3.05, 3.63) is 18.2 Å². The Bertz CT molecular complexity index is 789. The highest BCUT2D eigenvalue weighted by atomic mass is 16.5. The van der Waals surface area contributed by atoms with Gasteiger partial charge >= 0.3 is 0 Å². The van der Waals surface area contributed by atoms with Gasteiger partial charge in [0.05, 0.1) is 18.2 Å². The molecule has 4 fully saturated rings. The van der Waals surface area contributed by atoms with Crippen molar-refractivity contribution < 1.29 is 9.53 Å². The first-order chi connectivity index (χ1) is 14.6. The summed E-state index contributed by atoms with van der Waals surface area (Å²) in [7, 11) is 1.73. The smallest absolute Gasteiger partial charge is 0.233 e. The van der Waals surface area contributed by atoms with Gasteiger partial charge in [-0.15, -0.1) is 0 Å². The topological polar surface area (TPSA) is 36.0 Å². The summed E-state index contributed by atoms with van der Waals surface area (Å²) < 4.78 is 5.79. The molecule has 0 radical (unpaired) electrons. The first-order valence-corrected chi connectivity index (χ1v) is 12.1. The maximum Gasteiger partial charge on any atom is 0.233 e. The highest BCUT2D eigenvalue weighted by Gasteiger charge is 2.47. The maximum absolute atomic E-state index is 13.4. The second kappa shape index (κ2) is 8.07. The molecule has 0 N–H and O–H groups in total. The number of amides is 1. The monoisotopic (exact) mass is 411 g/mol. The van der Waals surface area contributed by atoms with Gasteiger partial charge in [0.2, 0.25) is 5.91 Å². The second-order valence-corrected chi connectivity index (χ2v) is 10.0. The van der Waals surface area contributed by atoms with Crippen LogP contribution in [0.4, 0.5) is 11.4 Å². The zero-order valence-electron chi connectivity index (χ0n) is 18.7. The van der Waals surface area contributed by atoms with Crippen molar-refractivity contribution in [1.29, 1.82) is 0 Å². The minimum absolute atomic E-state index is 0.101. The van der Waals surface area contributed by atoms with E-state index in [1.54, 1.807) is 7.11 Å². The van der Waals surface area contributed by atoms with Crippen LogP contribution >= 0.6 is 0 Å². The van der Waals surface area contributed by atoms with E-state index >= 15 is 0 Å². The average Bonchev–Trinajstić information content (AvgIpc) is 3.49. The molecule has 4 aliphatic rings.